The molecule has 0 radical (unpaired) electrons. The molecule has 0 amide bonds. The number of carboxylic acids is 1. The predicted octanol–water partition coefficient (Wildman–Crippen LogP) is 1.38. The maximum atomic E-state index is 14.6. The zero-order chi connectivity index (χ0) is 16.5. The first-order chi connectivity index (χ1) is 10.2. The summed E-state index contributed by atoms with van der Waals surface area (Å²) in [6.45, 7) is -0.539. The number of para-hydroxylation sites is 1. The largest absolute Gasteiger partial charge is 0.478 e. The number of aromatic nitrogens is 1. The number of fused-ring (bicyclic) bond motifs is 1. The number of ether oxygens (including phenoxy) is 1. The first-order valence-electron chi connectivity index (χ1n) is 5.84. The minimum atomic E-state index is -4.99. The monoisotopic (exact) mass is 347 g/mol. The number of thiazole rings is 1. The number of halogens is 1. The molecule has 2 aromatic rings. The molecule has 1 heterocycles. The molecule has 1 unspecified atom stereocenters. The number of nitrogens with zero attached hydrogens (tertiary/aromatic N) is 1. The number of alkyl halides is 1. The summed E-state index contributed by atoms with van der Waals surface area (Å²) in [5, 5.41) is 5.15. The van der Waals surface area contributed by atoms with E-state index < -0.39 is 37.7 Å². The Balaban J connectivity index is 2.53. The average molecular weight is 347 g/mol. The van der Waals surface area contributed by atoms with Crippen molar-refractivity contribution in [3.05, 3.63) is 24.3 Å². The molecule has 7 nitrogen and oxygen atoms in total. The molecule has 22 heavy (non-hydrogen) atoms. The van der Waals surface area contributed by atoms with E-state index in [2.05, 4.69) is 9.72 Å². The van der Waals surface area contributed by atoms with Crippen LogP contribution in [0.25, 0.3) is 10.2 Å². The molecule has 0 saturated carbocycles. The van der Waals surface area contributed by atoms with Gasteiger partial charge < -0.3 is 9.84 Å². The molecule has 0 aliphatic heterocycles. The highest BCUT2D eigenvalue weighted by molar-refractivity contribution is 7.95. The summed E-state index contributed by atoms with van der Waals surface area (Å²) in [7, 11) is -4.99. The van der Waals surface area contributed by atoms with Crippen molar-refractivity contribution in [2.24, 2.45) is 0 Å². The van der Waals surface area contributed by atoms with E-state index in [4.69, 9.17) is 5.11 Å². The minimum Gasteiger partial charge on any atom is -0.478 e. The van der Waals surface area contributed by atoms with Crippen molar-refractivity contribution >= 4 is 43.3 Å². The molecule has 0 fully saturated rings. The first-order valence-corrected chi connectivity index (χ1v) is 8.14. The van der Waals surface area contributed by atoms with Gasteiger partial charge in [0.25, 0.3) is 9.84 Å². The molecule has 1 atom stereocenters. The lowest BCUT2D eigenvalue weighted by Crippen LogP contribution is -2.46. The maximum Gasteiger partial charge on any atom is 0.361 e. The van der Waals surface area contributed by atoms with Crippen molar-refractivity contribution in [1.29, 1.82) is 0 Å². The average Bonchev–Trinajstić information content (AvgIpc) is 2.88. The second kappa shape index (κ2) is 5.61. The van der Waals surface area contributed by atoms with E-state index in [0.717, 1.165) is 6.92 Å². The number of carboxylic acid groups (broad SMARTS) is 1. The summed E-state index contributed by atoms with van der Waals surface area (Å²) in [4.78, 5) is 25.6. The zero-order valence-electron chi connectivity index (χ0n) is 11.1. The van der Waals surface area contributed by atoms with Gasteiger partial charge in [-0.15, -0.1) is 11.3 Å². The fraction of sp³-hybridized carbons (Fsp3) is 0.250. The normalized spacial score (nSPS) is 14.5. The Morgan fingerprint density at radius 1 is 1.41 bits per heavy atom. The molecule has 2 rings (SSSR count). The molecule has 1 N–H and O–H groups in total. The highest BCUT2D eigenvalue weighted by Crippen LogP contribution is 2.33. The van der Waals surface area contributed by atoms with E-state index in [1.165, 1.54) is 6.07 Å². The van der Waals surface area contributed by atoms with Crippen LogP contribution in [0.15, 0.2) is 28.6 Å². The third kappa shape index (κ3) is 2.66. The van der Waals surface area contributed by atoms with Gasteiger partial charge in [-0.05, 0) is 12.1 Å². The van der Waals surface area contributed by atoms with Crippen molar-refractivity contribution in [3.63, 3.8) is 0 Å². The Kier molecular flexibility index (Phi) is 4.16. The second-order valence-electron chi connectivity index (χ2n) is 4.26. The summed E-state index contributed by atoms with van der Waals surface area (Å²) in [5.41, 5.74) is 0.298. The number of esters is 1. The minimum absolute atomic E-state index is 0.298. The van der Waals surface area contributed by atoms with Gasteiger partial charge in [-0.3, -0.25) is 4.79 Å². The van der Waals surface area contributed by atoms with Gasteiger partial charge >= 0.3 is 16.9 Å². The SMILES string of the molecule is CC(=O)OCC(F)(C(=O)O)S(=O)(=O)c1nc2ccccc2s1. The molecule has 0 saturated heterocycles. The zero-order valence-corrected chi connectivity index (χ0v) is 12.8. The van der Waals surface area contributed by atoms with E-state index in [-0.39, 0.29) is 0 Å². The summed E-state index contributed by atoms with van der Waals surface area (Å²) in [5.74, 6) is -3.27. The quantitative estimate of drug-likeness (QED) is 0.814. The Hall–Kier alpha value is -2.07. The Morgan fingerprint density at radius 3 is 2.59 bits per heavy atom. The maximum absolute atomic E-state index is 14.6. The predicted molar refractivity (Wildman–Crippen MR) is 74.9 cm³/mol. The Morgan fingerprint density at radius 2 is 2.05 bits per heavy atom. The molecule has 1 aromatic heterocycles. The van der Waals surface area contributed by atoms with Crippen LogP contribution in [0.2, 0.25) is 0 Å². The van der Waals surface area contributed by atoms with Gasteiger partial charge in [-0.2, -0.15) is 0 Å². The number of hydrogen-bond acceptors (Lipinski definition) is 7. The van der Waals surface area contributed by atoms with Crippen LogP contribution in [0, 0.1) is 0 Å². The fourth-order valence-electron chi connectivity index (χ4n) is 1.55. The Labute approximate surface area is 128 Å². The van der Waals surface area contributed by atoms with Crippen LogP contribution < -0.4 is 0 Å². The summed E-state index contributed by atoms with van der Waals surface area (Å²) < 4.78 is 43.1. The number of aliphatic carboxylic acids is 1. The van der Waals surface area contributed by atoms with Gasteiger partial charge in [0.15, 0.2) is 6.61 Å². The van der Waals surface area contributed by atoms with E-state index in [9.17, 15) is 22.4 Å². The summed E-state index contributed by atoms with van der Waals surface area (Å²) in [6.07, 6.45) is 0. The number of carbonyl (C=O) groups is 2. The van der Waals surface area contributed by atoms with Crippen LogP contribution in [0.5, 0.6) is 0 Å². The number of rotatable bonds is 5. The first kappa shape index (κ1) is 16.3. The van der Waals surface area contributed by atoms with Gasteiger partial charge in [-0.25, -0.2) is 22.6 Å². The van der Waals surface area contributed by atoms with Crippen molar-refractivity contribution < 1.29 is 32.2 Å². The van der Waals surface area contributed by atoms with Crippen molar-refractivity contribution in [1.82, 2.24) is 4.98 Å². The van der Waals surface area contributed by atoms with Crippen molar-refractivity contribution in [2.75, 3.05) is 6.61 Å². The summed E-state index contributed by atoms with van der Waals surface area (Å²) in [6, 6.07) is 6.32. The second-order valence-corrected chi connectivity index (χ2v) is 7.59. The molecule has 0 spiro atoms. The number of carbonyl (C=O) groups excluding carboxylic acids is 1. The van der Waals surface area contributed by atoms with E-state index >= 15 is 0 Å². The van der Waals surface area contributed by atoms with Crippen LogP contribution in [-0.4, -0.2) is 42.1 Å². The molecule has 118 valence electrons. The van der Waals surface area contributed by atoms with Crippen molar-refractivity contribution in [2.45, 2.75) is 16.3 Å². The van der Waals surface area contributed by atoms with Gasteiger partial charge in [0.2, 0.25) is 4.34 Å². The van der Waals surface area contributed by atoms with Gasteiger partial charge in [-0.1, -0.05) is 12.1 Å². The van der Waals surface area contributed by atoms with Crippen LogP contribution in [-0.2, 0) is 24.2 Å². The number of sulfone groups is 1. The molecule has 0 bridgehead atoms. The van der Waals surface area contributed by atoms with E-state index in [1.54, 1.807) is 18.2 Å². The van der Waals surface area contributed by atoms with Gasteiger partial charge in [0.05, 0.1) is 10.2 Å². The highest BCUT2D eigenvalue weighted by Gasteiger charge is 2.55. The van der Waals surface area contributed by atoms with E-state index in [1.807, 2.05) is 0 Å². The Bertz CT molecular complexity index is 813. The van der Waals surface area contributed by atoms with Gasteiger partial charge in [0, 0.05) is 6.92 Å². The highest BCUT2D eigenvalue weighted by atomic mass is 32.2. The number of benzene rings is 1. The topological polar surface area (TPSA) is 111 Å². The van der Waals surface area contributed by atoms with Crippen molar-refractivity contribution in [3.8, 4) is 0 Å². The van der Waals surface area contributed by atoms with Crippen LogP contribution >= 0.6 is 11.3 Å². The third-order valence-corrected chi connectivity index (χ3v) is 6.15. The molecular formula is C12H10FNO6S2. The lowest BCUT2D eigenvalue weighted by Gasteiger charge is -2.18. The van der Waals surface area contributed by atoms with Crippen LogP contribution in [0.4, 0.5) is 4.39 Å². The summed E-state index contributed by atoms with van der Waals surface area (Å²) >= 11 is 0.640. The molecule has 0 aliphatic rings. The van der Waals surface area contributed by atoms with Gasteiger partial charge in [0.1, 0.15) is 0 Å². The van der Waals surface area contributed by atoms with Crippen LogP contribution in [0.3, 0.4) is 0 Å². The number of hydrogen-bond donors (Lipinski definition) is 1. The fourth-order valence-corrected chi connectivity index (χ4v) is 4.29. The lowest BCUT2D eigenvalue weighted by atomic mass is 10.3. The molecule has 0 aliphatic carbocycles. The van der Waals surface area contributed by atoms with Crippen LogP contribution in [0.1, 0.15) is 6.92 Å². The third-order valence-electron chi connectivity index (χ3n) is 2.71. The smallest absolute Gasteiger partial charge is 0.361 e. The lowest BCUT2D eigenvalue weighted by molar-refractivity contribution is -0.153. The van der Waals surface area contributed by atoms with E-state index in [0.29, 0.717) is 21.6 Å². The molecule has 1 aromatic carbocycles. The molecular weight excluding hydrogens is 337 g/mol. The molecule has 10 heteroatoms. The standard InChI is InChI=1S/C12H10FNO6S2/c1-7(15)20-6-12(13,10(16)17)22(18,19)11-14-8-4-2-3-5-9(8)21-11/h2-5H,6H2,1H3,(H,16,17).